The van der Waals surface area contributed by atoms with Crippen LogP contribution < -0.4 is 4.31 Å². The summed E-state index contributed by atoms with van der Waals surface area (Å²) in [6.07, 6.45) is 0. The minimum absolute atomic E-state index is 0.0743. The molecule has 0 fully saturated rings. The van der Waals surface area contributed by atoms with Crippen LogP contribution in [0.4, 0.5) is 11.4 Å². The zero-order valence-electron chi connectivity index (χ0n) is 12.8. The van der Waals surface area contributed by atoms with Gasteiger partial charge in [-0.2, -0.15) is 0 Å². The first-order valence-electron chi connectivity index (χ1n) is 6.64. The number of anilines is 1. The molecule has 2 rings (SSSR count). The van der Waals surface area contributed by atoms with Crippen LogP contribution in [0.1, 0.15) is 11.1 Å². The standard InChI is InChI=1S/C15H15BrN2O4S/c1-10-4-5-13(18(19)20)9-15(10)23(21,22)17(3)12-6-7-14(16)11(2)8-12/h4-9H,1-3H3. The minimum Gasteiger partial charge on any atom is -0.269 e. The van der Waals surface area contributed by atoms with E-state index in [2.05, 4.69) is 15.9 Å². The molecule has 0 unspecified atom stereocenters. The Hall–Kier alpha value is -1.93. The molecule has 6 nitrogen and oxygen atoms in total. The number of sulfonamides is 1. The van der Waals surface area contributed by atoms with Crippen molar-refractivity contribution in [3.63, 3.8) is 0 Å². The molecule has 0 aliphatic carbocycles. The molecule has 0 aliphatic heterocycles. The third kappa shape index (κ3) is 3.37. The van der Waals surface area contributed by atoms with Crippen LogP contribution >= 0.6 is 15.9 Å². The number of aryl methyl sites for hydroxylation is 2. The first-order chi connectivity index (χ1) is 10.6. The van der Waals surface area contributed by atoms with E-state index in [0.29, 0.717) is 11.3 Å². The summed E-state index contributed by atoms with van der Waals surface area (Å²) >= 11 is 3.37. The van der Waals surface area contributed by atoms with Crippen LogP contribution in [-0.2, 0) is 10.0 Å². The predicted octanol–water partition coefficient (Wildman–Crippen LogP) is 3.80. The van der Waals surface area contributed by atoms with E-state index in [1.807, 2.05) is 6.92 Å². The molecule has 122 valence electrons. The van der Waals surface area contributed by atoms with Crippen LogP contribution in [0, 0.1) is 24.0 Å². The summed E-state index contributed by atoms with van der Waals surface area (Å²) in [6.45, 7) is 3.46. The van der Waals surface area contributed by atoms with Gasteiger partial charge >= 0.3 is 0 Å². The summed E-state index contributed by atoms with van der Waals surface area (Å²) in [5, 5.41) is 10.9. The average Bonchev–Trinajstić information content (AvgIpc) is 2.49. The zero-order chi connectivity index (χ0) is 17.4. The summed E-state index contributed by atoms with van der Waals surface area (Å²) in [5.74, 6) is 0. The molecule has 0 heterocycles. The van der Waals surface area contributed by atoms with E-state index >= 15 is 0 Å². The van der Waals surface area contributed by atoms with Crippen molar-refractivity contribution in [3.05, 3.63) is 62.1 Å². The van der Waals surface area contributed by atoms with E-state index in [-0.39, 0.29) is 10.6 Å². The molecule has 23 heavy (non-hydrogen) atoms. The van der Waals surface area contributed by atoms with Crippen LogP contribution in [-0.4, -0.2) is 20.4 Å². The van der Waals surface area contributed by atoms with Crippen molar-refractivity contribution in [2.75, 3.05) is 11.4 Å². The van der Waals surface area contributed by atoms with Crippen LogP contribution in [0.15, 0.2) is 45.8 Å². The molecule has 2 aromatic carbocycles. The number of nitro groups is 1. The van der Waals surface area contributed by atoms with E-state index < -0.39 is 14.9 Å². The first kappa shape index (κ1) is 17.4. The van der Waals surface area contributed by atoms with Gasteiger partial charge in [0.25, 0.3) is 15.7 Å². The van der Waals surface area contributed by atoms with Gasteiger partial charge in [0.1, 0.15) is 0 Å². The molecule has 0 saturated carbocycles. The SMILES string of the molecule is Cc1cc(N(C)S(=O)(=O)c2cc([N+](=O)[O-])ccc2C)ccc1Br. The minimum atomic E-state index is -3.89. The molecule has 0 spiro atoms. The zero-order valence-corrected chi connectivity index (χ0v) is 15.2. The molecule has 0 aromatic heterocycles. The molecule has 0 saturated heterocycles. The van der Waals surface area contributed by atoms with Crippen molar-refractivity contribution >= 4 is 37.3 Å². The molecule has 0 amide bonds. The fourth-order valence-corrected chi connectivity index (χ4v) is 3.77. The fourth-order valence-electron chi connectivity index (χ4n) is 2.09. The van der Waals surface area contributed by atoms with E-state index in [9.17, 15) is 18.5 Å². The number of nitrogens with zero attached hydrogens (tertiary/aromatic N) is 2. The number of rotatable bonds is 4. The van der Waals surface area contributed by atoms with Gasteiger partial charge < -0.3 is 0 Å². The summed E-state index contributed by atoms with van der Waals surface area (Å²) < 4.78 is 27.6. The van der Waals surface area contributed by atoms with Crippen LogP contribution in [0.3, 0.4) is 0 Å². The lowest BCUT2D eigenvalue weighted by Gasteiger charge is -2.21. The number of hydrogen-bond donors (Lipinski definition) is 0. The second-order valence-electron chi connectivity index (χ2n) is 5.11. The monoisotopic (exact) mass is 398 g/mol. The number of halogens is 1. The van der Waals surface area contributed by atoms with Crippen LogP contribution in [0.25, 0.3) is 0 Å². The maximum Gasteiger partial charge on any atom is 0.270 e. The normalized spacial score (nSPS) is 11.3. The Morgan fingerprint density at radius 1 is 1.09 bits per heavy atom. The quantitative estimate of drug-likeness (QED) is 0.579. The van der Waals surface area contributed by atoms with Gasteiger partial charge in [-0.05, 0) is 43.2 Å². The molecule has 2 aromatic rings. The Morgan fingerprint density at radius 3 is 2.30 bits per heavy atom. The van der Waals surface area contributed by atoms with Crippen molar-refractivity contribution in [1.82, 2.24) is 0 Å². The van der Waals surface area contributed by atoms with Gasteiger partial charge in [0.2, 0.25) is 0 Å². The second-order valence-corrected chi connectivity index (χ2v) is 7.90. The maximum atomic E-state index is 12.8. The van der Waals surface area contributed by atoms with Gasteiger partial charge in [-0.25, -0.2) is 8.42 Å². The van der Waals surface area contributed by atoms with Crippen LogP contribution in [0.5, 0.6) is 0 Å². The Kier molecular flexibility index (Phi) is 4.76. The highest BCUT2D eigenvalue weighted by Crippen LogP contribution is 2.29. The number of non-ortho nitro benzene ring substituents is 1. The van der Waals surface area contributed by atoms with Crippen molar-refractivity contribution in [2.45, 2.75) is 18.7 Å². The van der Waals surface area contributed by atoms with E-state index in [4.69, 9.17) is 0 Å². The molecule has 0 radical (unpaired) electrons. The van der Waals surface area contributed by atoms with E-state index in [0.717, 1.165) is 20.4 Å². The fraction of sp³-hybridized carbons (Fsp3) is 0.200. The Bertz CT molecular complexity index is 881. The lowest BCUT2D eigenvalue weighted by atomic mass is 10.2. The van der Waals surface area contributed by atoms with Gasteiger partial charge in [0.15, 0.2) is 0 Å². The van der Waals surface area contributed by atoms with E-state index in [1.54, 1.807) is 25.1 Å². The topological polar surface area (TPSA) is 80.5 Å². The van der Waals surface area contributed by atoms with Crippen molar-refractivity contribution in [2.24, 2.45) is 0 Å². The van der Waals surface area contributed by atoms with Gasteiger partial charge in [-0.15, -0.1) is 0 Å². The highest BCUT2D eigenvalue weighted by molar-refractivity contribution is 9.10. The van der Waals surface area contributed by atoms with Crippen molar-refractivity contribution < 1.29 is 13.3 Å². The number of nitro benzene ring substituents is 1. The Balaban J connectivity index is 2.55. The lowest BCUT2D eigenvalue weighted by molar-refractivity contribution is -0.385. The lowest BCUT2D eigenvalue weighted by Crippen LogP contribution is -2.27. The first-order valence-corrected chi connectivity index (χ1v) is 8.88. The molecule has 0 bridgehead atoms. The van der Waals surface area contributed by atoms with Crippen LogP contribution in [0.2, 0.25) is 0 Å². The second kappa shape index (κ2) is 6.29. The Morgan fingerprint density at radius 2 is 1.74 bits per heavy atom. The molecule has 0 aliphatic rings. The van der Waals surface area contributed by atoms with Gasteiger partial charge in [-0.1, -0.05) is 22.0 Å². The molecular weight excluding hydrogens is 384 g/mol. The number of benzene rings is 2. The summed E-state index contributed by atoms with van der Waals surface area (Å²) in [6, 6.07) is 8.98. The third-order valence-electron chi connectivity index (χ3n) is 3.53. The Labute approximate surface area is 143 Å². The molecule has 0 atom stereocenters. The smallest absolute Gasteiger partial charge is 0.269 e. The molecular formula is C15H15BrN2O4S. The summed E-state index contributed by atoms with van der Waals surface area (Å²) in [7, 11) is -2.47. The predicted molar refractivity (Wildman–Crippen MR) is 92.3 cm³/mol. The average molecular weight is 399 g/mol. The van der Waals surface area contributed by atoms with Crippen molar-refractivity contribution in [3.8, 4) is 0 Å². The summed E-state index contributed by atoms with van der Waals surface area (Å²) in [4.78, 5) is 10.2. The highest BCUT2D eigenvalue weighted by Gasteiger charge is 2.25. The third-order valence-corrected chi connectivity index (χ3v) is 6.34. The largest absolute Gasteiger partial charge is 0.270 e. The van der Waals surface area contributed by atoms with Crippen molar-refractivity contribution in [1.29, 1.82) is 0 Å². The summed E-state index contributed by atoms with van der Waals surface area (Å²) in [5.41, 5.74) is 1.57. The van der Waals surface area contributed by atoms with Gasteiger partial charge in [0.05, 0.1) is 15.5 Å². The highest BCUT2D eigenvalue weighted by atomic mass is 79.9. The molecule has 8 heteroatoms. The maximum absolute atomic E-state index is 12.8. The van der Waals surface area contributed by atoms with Gasteiger partial charge in [-0.3, -0.25) is 14.4 Å². The molecule has 0 N–H and O–H groups in total. The van der Waals surface area contributed by atoms with E-state index in [1.165, 1.54) is 19.2 Å². The van der Waals surface area contributed by atoms with Gasteiger partial charge in [0, 0.05) is 23.7 Å². The number of hydrogen-bond acceptors (Lipinski definition) is 4.